The number of nitrogens with one attached hydrogen (secondary N) is 1. The fourth-order valence-corrected chi connectivity index (χ4v) is 8.67. The van der Waals surface area contributed by atoms with E-state index in [0.717, 1.165) is 44.9 Å². The molecule has 63 heavy (non-hydrogen) atoms. The van der Waals surface area contributed by atoms with Crippen LogP contribution in [0.4, 0.5) is 0 Å². The largest absolute Gasteiger partial charge is 0.466 e. The molecule has 2 atom stereocenters. The molecule has 0 bridgehead atoms. The average Bonchev–Trinajstić information content (AvgIpc) is 3.28. The normalized spacial score (nSPS) is 12.8. The number of aliphatic hydroxyl groups excluding tert-OH is 2. The molecule has 0 saturated heterocycles. The van der Waals surface area contributed by atoms with Crippen molar-refractivity contribution in [2.45, 2.75) is 315 Å². The van der Waals surface area contributed by atoms with Crippen LogP contribution in [-0.4, -0.2) is 47.4 Å². The van der Waals surface area contributed by atoms with Crippen molar-refractivity contribution in [1.29, 1.82) is 0 Å². The van der Waals surface area contributed by atoms with Crippen LogP contribution in [-0.2, 0) is 14.3 Å². The highest BCUT2D eigenvalue weighted by Gasteiger charge is 2.20. The van der Waals surface area contributed by atoms with Crippen LogP contribution < -0.4 is 5.32 Å². The minimum atomic E-state index is -0.665. The molecule has 6 heteroatoms. The first kappa shape index (κ1) is 61.3. The van der Waals surface area contributed by atoms with Crippen molar-refractivity contribution in [2.24, 2.45) is 0 Å². The Balaban J connectivity index is 3.41. The summed E-state index contributed by atoms with van der Waals surface area (Å²) in [5.41, 5.74) is 0. The molecule has 0 aromatic rings. The summed E-state index contributed by atoms with van der Waals surface area (Å²) in [4.78, 5) is 24.4. The first-order valence-electron chi connectivity index (χ1n) is 28.1. The summed E-state index contributed by atoms with van der Waals surface area (Å²) in [6.07, 6.45) is 63.2. The summed E-state index contributed by atoms with van der Waals surface area (Å²) in [5.74, 6) is -0.0338. The molecule has 3 N–H and O–H groups in total. The number of unbranched alkanes of at least 4 members (excludes halogenated alkanes) is 37. The van der Waals surface area contributed by atoms with E-state index in [2.05, 4.69) is 43.5 Å². The lowest BCUT2D eigenvalue weighted by Crippen LogP contribution is -2.45. The Morgan fingerprint density at radius 2 is 0.794 bits per heavy atom. The predicted molar refractivity (Wildman–Crippen MR) is 273 cm³/mol. The fraction of sp³-hybridized carbons (Fsp3) is 0.895. The van der Waals surface area contributed by atoms with E-state index in [0.29, 0.717) is 25.9 Å². The van der Waals surface area contributed by atoms with Crippen molar-refractivity contribution in [3.63, 3.8) is 0 Å². The highest BCUT2D eigenvalue weighted by molar-refractivity contribution is 5.76. The third kappa shape index (κ3) is 49.6. The van der Waals surface area contributed by atoms with Gasteiger partial charge in [-0.05, 0) is 57.8 Å². The minimum absolute atomic E-state index is 0.00949. The number of esters is 1. The van der Waals surface area contributed by atoms with E-state index in [9.17, 15) is 19.8 Å². The van der Waals surface area contributed by atoms with Gasteiger partial charge in [-0.15, -0.1) is 0 Å². The van der Waals surface area contributed by atoms with E-state index in [-0.39, 0.29) is 18.5 Å². The first-order chi connectivity index (χ1) is 31.0. The number of aliphatic hydroxyl groups is 2. The zero-order chi connectivity index (χ0) is 45.8. The molecule has 6 nitrogen and oxygen atoms in total. The van der Waals surface area contributed by atoms with Gasteiger partial charge in [0.25, 0.3) is 0 Å². The van der Waals surface area contributed by atoms with Crippen LogP contribution in [0.5, 0.6) is 0 Å². The van der Waals surface area contributed by atoms with E-state index in [4.69, 9.17) is 4.74 Å². The van der Waals surface area contributed by atoms with Crippen molar-refractivity contribution in [2.75, 3.05) is 13.2 Å². The van der Waals surface area contributed by atoms with E-state index < -0.39 is 12.1 Å². The van der Waals surface area contributed by atoms with Gasteiger partial charge in [-0.1, -0.05) is 256 Å². The van der Waals surface area contributed by atoms with Gasteiger partial charge in [0.1, 0.15) is 0 Å². The maximum atomic E-state index is 12.4. The van der Waals surface area contributed by atoms with Crippen molar-refractivity contribution in [3.8, 4) is 0 Å². The highest BCUT2D eigenvalue weighted by atomic mass is 16.5. The van der Waals surface area contributed by atoms with E-state index >= 15 is 0 Å². The van der Waals surface area contributed by atoms with Crippen LogP contribution in [0.3, 0.4) is 0 Å². The summed E-state index contributed by atoms with van der Waals surface area (Å²) in [6.45, 7) is 4.93. The average molecular weight is 889 g/mol. The quantitative estimate of drug-likeness (QED) is 0.0321. The fourth-order valence-electron chi connectivity index (χ4n) is 8.67. The second-order valence-electron chi connectivity index (χ2n) is 19.3. The summed E-state index contributed by atoms with van der Waals surface area (Å²) < 4.78 is 5.46. The van der Waals surface area contributed by atoms with Crippen LogP contribution in [0.2, 0.25) is 0 Å². The Morgan fingerprint density at radius 1 is 0.444 bits per heavy atom. The molecule has 0 aliphatic carbocycles. The van der Waals surface area contributed by atoms with Crippen molar-refractivity contribution in [1.82, 2.24) is 5.32 Å². The van der Waals surface area contributed by atoms with Crippen molar-refractivity contribution >= 4 is 11.9 Å². The lowest BCUT2D eigenvalue weighted by molar-refractivity contribution is -0.143. The third-order valence-electron chi connectivity index (χ3n) is 13.0. The number of ether oxygens (including phenoxy) is 1. The maximum Gasteiger partial charge on any atom is 0.305 e. The number of hydrogen-bond donors (Lipinski definition) is 3. The Hall–Kier alpha value is -1.66. The Bertz CT molecular complexity index is 982. The SMILES string of the molecule is CCCCCCCCCCCCCCC(=O)OCCCCCCCCCCC/C=C\C/C=C\CCCCCCCCCCCC(=O)NC(CO)C(O)CCCCCCCCCCC. The van der Waals surface area contributed by atoms with E-state index in [1.807, 2.05) is 0 Å². The number of hydrogen-bond acceptors (Lipinski definition) is 5. The van der Waals surface area contributed by atoms with Gasteiger partial charge in [0, 0.05) is 12.8 Å². The number of amides is 1. The smallest absolute Gasteiger partial charge is 0.305 e. The number of carbonyl (C=O) groups excluding carboxylic acids is 2. The lowest BCUT2D eigenvalue weighted by atomic mass is 10.0. The molecule has 0 saturated carbocycles. The van der Waals surface area contributed by atoms with Gasteiger partial charge in [0.05, 0.1) is 25.4 Å². The van der Waals surface area contributed by atoms with Crippen LogP contribution in [0.1, 0.15) is 303 Å². The van der Waals surface area contributed by atoms with Crippen LogP contribution in [0, 0.1) is 0 Å². The summed E-state index contributed by atoms with van der Waals surface area (Å²) in [6, 6.07) is -0.543. The lowest BCUT2D eigenvalue weighted by Gasteiger charge is -2.22. The second-order valence-corrected chi connectivity index (χ2v) is 19.3. The number of rotatable bonds is 52. The van der Waals surface area contributed by atoms with Crippen LogP contribution >= 0.6 is 0 Å². The maximum absolute atomic E-state index is 12.4. The monoisotopic (exact) mass is 888 g/mol. The third-order valence-corrected chi connectivity index (χ3v) is 13.0. The number of carbonyl (C=O) groups is 2. The second kappa shape index (κ2) is 53.0. The topological polar surface area (TPSA) is 95.9 Å². The van der Waals surface area contributed by atoms with Gasteiger partial charge in [0.15, 0.2) is 0 Å². The molecule has 2 unspecified atom stereocenters. The first-order valence-corrected chi connectivity index (χ1v) is 28.1. The molecule has 0 radical (unpaired) electrons. The molecule has 0 aliphatic heterocycles. The van der Waals surface area contributed by atoms with Gasteiger partial charge in [-0.3, -0.25) is 9.59 Å². The molecule has 0 rings (SSSR count). The molecule has 1 amide bonds. The van der Waals surface area contributed by atoms with E-state index in [1.165, 1.54) is 225 Å². The summed E-state index contributed by atoms with van der Waals surface area (Å²) in [7, 11) is 0. The molecule has 0 fully saturated rings. The summed E-state index contributed by atoms with van der Waals surface area (Å²) >= 11 is 0. The van der Waals surface area contributed by atoms with Gasteiger partial charge >= 0.3 is 5.97 Å². The molecule has 0 aliphatic rings. The zero-order valence-corrected chi connectivity index (χ0v) is 42.3. The molecule has 0 aromatic carbocycles. The predicted octanol–water partition coefficient (Wildman–Crippen LogP) is 17.1. The van der Waals surface area contributed by atoms with Crippen molar-refractivity contribution in [3.05, 3.63) is 24.3 Å². The Kier molecular flexibility index (Phi) is 51.6. The highest BCUT2D eigenvalue weighted by Crippen LogP contribution is 2.16. The molecule has 372 valence electrons. The zero-order valence-electron chi connectivity index (χ0n) is 42.3. The van der Waals surface area contributed by atoms with Crippen molar-refractivity contribution < 1.29 is 24.5 Å². The van der Waals surface area contributed by atoms with E-state index in [1.54, 1.807) is 0 Å². The summed E-state index contributed by atoms with van der Waals surface area (Å²) in [5, 5.41) is 23.1. The molecule has 0 spiro atoms. The standard InChI is InChI=1S/C57H109NO5/c1-3-5-7-9-11-13-14-31-35-39-43-47-51-57(62)63-52-48-44-40-36-32-29-27-25-23-21-19-17-15-16-18-20-22-24-26-28-30-34-38-42-46-50-56(61)58-54(53-59)55(60)49-45-41-37-33-12-10-8-6-4-2/h16-19,54-55,59-60H,3-15,20-53H2,1-2H3,(H,58,61)/b18-16-,19-17-. The number of allylic oxidation sites excluding steroid dienone is 4. The van der Waals surface area contributed by atoms with Gasteiger partial charge < -0.3 is 20.3 Å². The molecular formula is C57H109NO5. The Morgan fingerprint density at radius 3 is 1.21 bits per heavy atom. The van der Waals surface area contributed by atoms with Crippen LogP contribution in [0.15, 0.2) is 24.3 Å². The Labute approximate surface area is 392 Å². The van der Waals surface area contributed by atoms with Crippen LogP contribution in [0.25, 0.3) is 0 Å². The molecule has 0 heterocycles. The molecular weight excluding hydrogens is 779 g/mol. The minimum Gasteiger partial charge on any atom is -0.466 e. The van der Waals surface area contributed by atoms with Gasteiger partial charge in [0.2, 0.25) is 5.91 Å². The molecule has 0 aromatic heterocycles. The van der Waals surface area contributed by atoms with Gasteiger partial charge in [-0.25, -0.2) is 0 Å². The van der Waals surface area contributed by atoms with Gasteiger partial charge in [-0.2, -0.15) is 0 Å².